The van der Waals surface area contributed by atoms with Crippen LogP contribution < -0.4 is 4.90 Å². The van der Waals surface area contributed by atoms with Crippen molar-refractivity contribution >= 4 is 27.9 Å². The Morgan fingerprint density at radius 3 is 2.55 bits per heavy atom. The monoisotopic (exact) mass is 335 g/mol. The smallest absolute Gasteiger partial charge is 0.151 e. The highest BCUT2D eigenvalue weighted by atomic mass is 79.9. The molecule has 0 aliphatic carbocycles. The number of hydrogen-bond donors (Lipinski definition) is 0. The fourth-order valence-electron chi connectivity index (χ4n) is 2.08. The Balaban J connectivity index is 2.31. The molecule has 0 fully saturated rings. The zero-order valence-electron chi connectivity index (χ0n) is 11.3. The molecule has 0 N–H and O–H groups in total. The standard InChI is InChI=1S/C16H15BrFNO/c1-11(14-5-3-4-6-16(14)18)19(2)13-8-7-12(10-20)15(17)9-13/h3-11H,1-2H3. The summed E-state index contributed by atoms with van der Waals surface area (Å²) in [6.07, 6.45) is 0.800. The molecule has 0 bridgehead atoms. The second-order valence-corrected chi connectivity index (χ2v) is 5.49. The van der Waals surface area contributed by atoms with Gasteiger partial charge in [-0.25, -0.2) is 4.39 Å². The Kier molecular flexibility index (Phi) is 4.55. The molecule has 2 aromatic carbocycles. The number of benzene rings is 2. The molecular weight excluding hydrogens is 321 g/mol. The van der Waals surface area contributed by atoms with E-state index >= 15 is 0 Å². The minimum absolute atomic E-state index is 0.106. The third-order valence-electron chi connectivity index (χ3n) is 3.45. The lowest BCUT2D eigenvalue weighted by molar-refractivity contribution is 0.112. The molecule has 2 rings (SSSR count). The van der Waals surface area contributed by atoms with Crippen molar-refractivity contribution in [1.29, 1.82) is 0 Å². The second kappa shape index (κ2) is 6.18. The highest BCUT2D eigenvalue weighted by Crippen LogP contribution is 2.29. The van der Waals surface area contributed by atoms with Gasteiger partial charge in [0.25, 0.3) is 0 Å². The molecule has 0 saturated carbocycles. The molecule has 1 unspecified atom stereocenters. The van der Waals surface area contributed by atoms with Gasteiger partial charge in [-0.05, 0) is 47.1 Å². The van der Waals surface area contributed by atoms with Crippen molar-refractivity contribution < 1.29 is 9.18 Å². The van der Waals surface area contributed by atoms with Gasteiger partial charge >= 0.3 is 0 Å². The summed E-state index contributed by atoms with van der Waals surface area (Å²) in [7, 11) is 1.90. The quantitative estimate of drug-likeness (QED) is 0.761. The van der Waals surface area contributed by atoms with Crippen molar-refractivity contribution in [2.75, 3.05) is 11.9 Å². The van der Waals surface area contributed by atoms with E-state index in [4.69, 9.17) is 0 Å². The number of aldehydes is 1. The summed E-state index contributed by atoms with van der Waals surface area (Å²) in [4.78, 5) is 12.8. The van der Waals surface area contributed by atoms with Gasteiger partial charge in [0.15, 0.2) is 6.29 Å². The highest BCUT2D eigenvalue weighted by Gasteiger charge is 2.16. The van der Waals surface area contributed by atoms with Crippen LogP contribution in [0.3, 0.4) is 0 Å². The number of hydrogen-bond acceptors (Lipinski definition) is 2. The molecule has 20 heavy (non-hydrogen) atoms. The molecule has 0 aliphatic rings. The molecule has 0 aliphatic heterocycles. The Hall–Kier alpha value is -1.68. The molecule has 0 amide bonds. The van der Waals surface area contributed by atoms with Gasteiger partial charge in [0.05, 0.1) is 6.04 Å². The van der Waals surface area contributed by atoms with Crippen molar-refractivity contribution in [3.05, 3.63) is 63.9 Å². The number of anilines is 1. The SMILES string of the molecule is CC(c1ccccc1F)N(C)c1ccc(C=O)c(Br)c1. The predicted molar refractivity (Wildman–Crippen MR) is 82.7 cm³/mol. The van der Waals surface area contributed by atoms with Crippen LogP contribution >= 0.6 is 15.9 Å². The van der Waals surface area contributed by atoms with Gasteiger partial charge in [-0.1, -0.05) is 18.2 Å². The Bertz CT molecular complexity index is 630. The number of carbonyl (C=O) groups is 1. The van der Waals surface area contributed by atoms with E-state index in [1.165, 1.54) is 6.07 Å². The lowest BCUT2D eigenvalue weighted by Crippen LogP contribution is -2.22. The highest BCUT2D eigenvalue weighted by molar-refractivity contribution is 9.10. The van der Waals surface area contributed by atoms with Gasteiger partial charge in [0.1, 0.15) is 5.82 Å². The number of nitrogens with zero attached hydrogens (tertiary/aromatic N) is 1. The maximum Gasteiger partial charge on any atom is 0.151 e. The van der Waals surface area contributed by atoms with Crippen molar-refractivity contribution in [2.45, 2.75) is 13.0 Å². The molecule has 1 atom stereocenters. The molecule has 4 heteroatoms. The van der Waals surface area contributed by atoms with Gasteiger partial charge in [-0.2, -0.15) is 0 Å². The molecule has 0 spiro atoms. The lowest BCUT2D eigenvalue weighted by Gasteiger charge is -2.28. The predicted octanol–water partition coefficient (Wildman–Crippen LogP) is 4.60. The summed E-state index contributed by atoms with van der Waals surface area (Å²) in [6, 6.07) is 12.1. The fourth-order valence-corrected chi connectivity index (χ4v) is 2.54. The van der Waals surface area contributed by atoms with Crippen LogP contribution in [0, 0.1) is 5.82 Å². The maximum absolute atomic E-state index is 13.8. The van der Waals surface area contributed by atoms with E-state index in [9.17, 15) is 9.18 Å². The minimum atomic E-state index is -0.213. The summed E-state index contributed by atoms with van der Waals surface area (Å²) in [6.45, 7) is 1.94. The van der Waals surface area contributed by atoms with Crippen molar-refractivity contribution in [3.63, 3.8) is 0 Å². The molecule has 2 nitrogen and oxygen atoms in total. The van der Waals surface area contributed by atoms with Gasteiger partial charge in [0.2, 0.25) is 0 Å². The summed E-state index contributed by atoms with van der Waals surface area (Å²) < 4.78 is 14.6. The van der Waals surface area contributed by atoms with E-state index < -0.39 is 0 Å². The van der Waals surface area contributed by atoms with E-state index in [1.807, 2.05) is 37.1 Å². The average Bonchev–Trinajstić information content (AvgIpc) is 2.46. The van der Waals surface area contributed by atoms with Crippen LogP contribution in [-0.2, 0) is 0 Å². The van der Waals surface area contributed by atoms with Crippen LogP contribution in [0.2, 0.25) is 0 Å². The molecule has 0 aromatic heterocycles. The van der Waals surface area contributed by atoms with E-state index in [-0.39, 0.29) is 11.9 Å². The fraction of sp³-hybridized carbons (Fsp3) is 0.188. The lowest BCUT2D eigenvalue weighted by atomic mass is 10.1. The van der Waals surface area contributed by atoms with Crippen LogP contribution in [0.25, 0.3) is 0 Å². The maximum atomic E-state index is 13.8. The number of rotatable bonds is 4. The number of halogens is 2. The van der Waals surface area contributed by atoms with Crippen molar-refractivity contribution in [2.24, 2.45) is 0 Å². The Labute approximate surface area is 126 Å². The van der Waals surface area contributed by atoms with Gasteiger partial charge in [-0.15, -0.1) is 0 Å². The first-order chi connectivity index (χ1) is 9.54. The van der Waals surface area contributed by atoms with Crippen LogP contribution in [0.5, 0.6) is 0 Å². The minimum Gasteiger partial charge on any atom is -0.368 e. The summed E-state index contributed by atoms with van der Waals surface area (Å²) in [5, 5.41) is 0. The van der Waals surface area contributed by atoms with E-state index in [2.05, 4.69) is 15.9 Å². The topological polar surface area (TPSA) is 20.3 Å². The largest absolute Gasteiger partial charge is 0.368 e. The molecule has 2 aromatic rings. The van der Waals surface area contributed by atoms with Gasteiger partial charge in [-0.3, -0.25) is 4.79 Å². The van der Waals surface area contributed by atoms with Gasteiger partial charge in [0, 0.05) is 28.3 Å². The first-order valence-electron chi connectivity index (χ1n) is 6.26. The van der Waals surface area contributed by atoms with Crippen LogP contribution in [0.1, 0.15) is 28.9 Å². The second-order valence-electron chi connectivity index (χ2n) is 4.63. The van der Waals surface area contributed by atoms with Crippen molar-refractivity contribution in [3.8, 4) is 0 Å². The van der Waals surface area contributed by atoms with Crippen LogP contribution in [-0.4, -0.2) is 13.3 Å². The summed E-state index contributed by atoms with van der Waals surface area (Å²) in [5.74, 6) is -0.213. The molecule has 104 valence electrons. The van der Waals surface area contributed by atoms with Crippen LogP contribution in [0.15, 0.2) is 46.9 Å². The number of carbonyl (C=O) groups excluding carboxylic acids is 1. The zero-order chi connectivity index (χ0) is 14.7. The van der Waals surface area contributed by atoms with E-state index in [0.717, 1.165) is 16.4 Å². The first-order valence-corrected chi connectivity index (χ1v) is 7.06. The third kappa shape index (κ3) is 2.90. The average molecular weight is 336 g/mol. The first kappa shape index (κ1) is 14.7. The van der Waals surface area contributed by atoms with E-state index in [0.29, 0.717) is 11.1 Å². The molecule has 0 saturated heterocycles. The van der Waals surface area contributed by atoms with Crippen LogP contribution in [0.4, 0.5) is 10.1 Å². The van der Waals surface area contributed by atoms with E-state index in [1.54, 1.807) is 18.2 Å². The third-order valence-corrected chi connectivity index (χ3v) is 4.14. The Morgan fingerprint density at radius 1 is 1.25 bits per heavy atom. The molecule has 0 heterocycles. The van der Waals surface area contributed by atoms with Gasteiger partial charge < -0.3 is 4.90 Å². The molecular formula is C16H15BrFNO. The van der Waals surface area contributed by atoms with Crippen molar-refractivity contribution in [1.82, 2.24) is 0 Å². The molecule has 0 radical (unpaired) electrons. The normalized spacial score (nSPS) is 12.0. The summed E-state index contributed by atoms with van der Waals surface area (Å²) >= 11 is 3.36. The Morgan fingerprint density at radius 2 is 1.95 bits per heavy atom. The summed E-state index contributed by atoms with van der Waals surface area (Å²) in [5.41, 5.74) is 2.16. The zero-order valence-corrected chi connectivity index (χ0v) is 12.9.